The summed E-state index contributed by atoms with van der Waals surface area (Å²) in [7, 11) is 1.63. The maximum Gasteiger partial charge on any atom is 0.323 e. The van der Waals surface area contributed by atoms with E-state index in [4.69, 9.17) is 0 Å². The lowest BCUT2D eigenvalue weighted by molar-refractivity contribution is 0.119. The Kier molecular flexibility index (Phi) is 4.96. The van der Waals surface area contributed by atoms with E-state index in [1.807, 2.05) is 0 Å². The van der Waals surface area contributed by atoms with Gasteiger partial charge in [-0.05, 0) is 29.3 Å². The van der Waals surface area contributed by atoms with E-state index in [1.165, 1.54) is 16.3 Å². The molecule has 8 heteroatoms. The number of piperazine rings is 1. The highest BCUT2D eigenvalue weighted by atomic mass is 32.1. The molecule has 0 saturated carbocycles. The summed E-state index contributed by atoms with van der Waals surface area (Å²) in [6.07, 6.45) is 3.06. The predicted octanol–water partition coefficient (Wildman–Crippen LogP) is 1.75. The largest absolute Gasteiger partial charge is 0.323 e. The number of anilines is 1. The van der Waals surface area contributed by atoms with Gasteiger partial charge >= 0.3 is 6.03 Å². The van der Waals surface area contributed by atoms with Gasteiger partial charge in [-0.1, -0.05) is 0 Å². The molecule has 0 radical (unpaired) electrons. The number of urea groups is 1. The number of nitrogens with zero attached hydrogens (tertiary/aromatic N) is 4. The summed E-state index contributed by atoms with van der Waals surface area (Å²) in [5, 5.41) is 6.87. The van der Waals surface area contributed by atoms with Gasteiger partial charge in [0.2, 0.25) is 5.82 Å². The molecule has 2 aromatic rings. The highest BCUT2D eigenvalue weighted by Crippen LogP contribution is 2.23. The number of aryl methyl sites for hydroxylation is 1. The minimum Gasteiger partial charge on any atom is -0.322 e. The molecule has 3 heterocycles. The number of rotatable bonds is 3. The molecule has 0 spiro atoms. The Hall–Kier alpha value is -2.19. The highest BCUT2D eigenvalue weighted by Gasteiger charge is 2.25. The molecule has 0 bridgehead atoms. The Morgan fingerprint density at radius 1 is 1.33 bits per heavy atom. The van der Waals surface area contributed by atoms with Gasteiger partial charge in [-0.25, -0.2) is 9.78 Å². The lowest BCUT2D eigenvalue weighted by Gasteiger charge is -2.37. The van der Waals surface area contributed by atoms with Crippen molar-refractivity contribution in [3.63, 3.8) is 0 Å². The third-order valence-corrected chi connectivity index (χ3v) is 5.12. The zero-order chi connectivity index (χ0) is 17.1. The van der Waals surface area contributed by atoms with Gasteiger partial charge in [0.05, 0.1) is 0 Å². The van der Waals surface area contributed by atoms with Crippen molar-refractivity contribution in [1.29, 1.82) is 0 Å². The average Bonchev–Trinajstić information content (AvgIpc) is 3.13. The van der Waals surface area contributed by atoms with Crippen LogP contribution in [0.2, 0.25) is 0 Å². The Morgan fingerprint density at radius 3 is 2.75 bits per heavy atom. The van der Waals surface area contributed by atoms with E-state index in [9.17, 15) is 9.59 Å². The molecule has 24 heavy (non-hydrogen) atoms. The van der Waals surface area contributed by atoms with Crippen molar-refractivity contribution >= 4 is 23.2 Å². The van der Waals surface area contributed by atoms with Gasteiger partial charge in [-0.3, -0.25) is 15.0 Å². The summed E-state index contributed by atoms with van der Waals surface area (Å²) in [4.78, 5) is 32.3. The van der Waals surface area contributed by atoms with E-state index in [0.717, 1.165) is 13.1 Å². The van der Waals surface area contributed by atoms with Crippen LogP contribution in [0.3, 0.4) is 0 Å². The summed E-state index contributed by atoms with van der Waals surface area (Å²) in [5.74, 6) is 0.0686. The number of thiophene rings is 1. The standard InChI is InChI=1S/C16H21N5O2S/c1-12(13-3-10-24-11-13)20-6-8-21(9-7-20)16(23)18-14-15(22)19(2)5-4-17-14/h3-5,10-12H,6-9H2,1-2H3,(H,17,18,23)/t12-/m1/s1. The first-order chi connectivity index (χ1) is 11.6. The first-order valence-corrected chi connectivity index (χ1v) is 8.84. The van der Waals surface area contributed by atoms with Crippen LogP contribution >= 0.6 is 11.3 Å². The van der Waals surface area contributed by atoms with Crippen LogP contribution in [0.15, 0.2) is 34.0 Å². The predicted molar refractivity (Wildman–Crippen MR) is 94.4 cm³/mol. The minimum absolute atomic E-state index is 0.0686. The SMILES string of the molecule is C[C@H](c1ccsc1)N1CCN(C(=O)Nc2nccn(C)c2=O)CC1. The molecule has 128 valence electrons. The molecule has 1 saturated heterocycles. The Morgan fingerprint density at radius 2 is 2.08 bits per heavy atom. The topological polar surface area (TPSA) is 70.5 Å². The van der Waals surface area contributed by atoms with Crippen molar-refractivity contribution in [2.45, 2.75) is 13.0 Å². The Bertz CT molecular complexity index is 750. The van der Waals surface area contributed by atoms with Crippen LogP contribution in [-0.2, 0) is 7.05 Å². The number of aromatic nitrogens is 2. The fourth-order valence-corrected chi connectivity index (χ4v) is 3.55. The minimum atomic E-state index is -0.310. The van der Waals surface area contributed by atoms with Crippen molar-refractivity contribution in [1.82, 2.24) is 19.4 Å². The lowest BCUT2D eigenvalue weighted by atomic mass is 10.1. The quantitative estimate of drug-likeness (QED) is 0.918. The first kappa shape index (κ1) is 16.7. The summed E-state index contributed by atoms with van der Waals surface area (Å²) < 4.78 is 1.39. The van der Waals surface area contributed by atoms with Crippen LogP contribution in [0.5, 0.6) is 0 Å². The molecule has 0 aromatic carbocycles. The van der Waals surface area contributed by atoms with Crippen LogP contribution in [0.25, 0.3) is 0 Å². The summed E-state index contributed by atoms with van der Waals surface area (Å²) in [5.41, 5.74) is 1.01. The third-order valence-electron chi connectivity index (χ3n) is 4.42. The van der Waals surface area contributed by atoms with Gasteiger partial charge < -0.3 is 9.47 Å². The Labute approximate surface area is 144 Å². The monoisotopic (exact) mass is 347 g/mol. The molecule has 0 aliphatic carbocycles. The molecule has 0 unspecified atom stereocenters. The molecule has 3 rings (SSSR count). The third kappa shape index (κ3) is 3.49. The molecule has 1 aliphatic heterocycles. The van der Waals surface area contributed by atoms with Crippen LogP contribution in [0, 0.1) is 0 Å². The maximum atomic E-state index is 12.3. The van der Waals surface area contributed by atoms with Gasteiger partial charge in [0, 0.05) is 51.7 Å². The smallest absolute Gasteiger partial charge is 0.322 e. The van der Waals surface area contributed by atoms with Crippen LogP contribution in [0.4, 0.5) is 10.6 Å². The maximum absolute atomic E-state index is 12.3. The van der Waals surface area contributed by atoms with Gasteiger partial charge in [-0.15, -0.1) is 0 Å². The zero-order valence-electron chi connectivity index (χ0n) is 13.8. The van der Waals surface area contributed by atoms with E-state index >= 15 is 0 Å². The van der Waals surface area contributed by atoms with Crippen LogP contribution < -0.4 is 10.9 Å². The molecule has 1 N–H and O–H groups in total. The summed E-state index contributed by atoms with van der Waals surface area (Å²) in [6.45, 7) is 5.08. The Balaban J connectivity index is 1.57. The van der Waals surface area contributed by atoms with Crippen molar-refractivity contribution in [2.24, 2.45) is 7.05 Å². The van der Waals surface area contributed by atoms with E-state index in [1.54, 1.807) is 29.5 Å². The number of hydrogen-bond acceptors (Lipinski definition) is 5. The number of hydrogen-bond donors (Lipinski definition) is 1. The van der Waals surface area contributed by atoms with Gasteiger partial charge in [0.1, 0.15) is 0 Å². The number of amides is 2. The first-order valence-electron chi connectivity index (χ1n) is 7.90. The summed E-state index contributed by atoms with van der Waals surface area (Å²) in [6, 6.07) is 2.23. The molecular weight excluding hydrogens is 326 g/mol. The normalized spacial score (nSPS) is 16.8. The molecule has 1 aliphatic rings. The van der Waals surface area contributed by atoms with Crippen molar-refractivity contribution < 1.29 is 4.79 Å². The highest BCUT2D eigenvalue weighted by molar-refractivity contribution is 7.07. The van der Waals surface area contributed by atoms with Crippen LogP contribution in [-0.4, -0.2) is 51.6 Å². The fraction of sp³-hybridized carbons (Fsp3) is 0.438. The zero-order valence-corrected chi connectivity index (χ0v) is 14.6. The second kappa shape index (κ2) is 7.14. The molecule has 1 atom stereocenters. The van der Waals surface area contributed by atoms with E-state index in [0.29, 0.717) is 19.1 Å². The van der Waals surface area contributed by atoms with Crippen molar-refractivity contribution in [3.05, 3.63) is 45.1 Å². The van der Waals surface area contributed by atoms with Crippen molar-refractivity contribution in [3.8, 4) is 0 Å². The lowest BCUT2D eigenvalue weighted by Crippen LogP contribution is -2.50. The summed E-state index contributed by atoms with van der Waals surface area (Å²) >= 11 is 1.70. The number of carbonyl (C=O) groups is 1. The van der Waals surface area contributed by atoms with E-state index in [2.05, 4.69) is 39.0 Å². The van der Waals surface area contributed by atoms with Gasteiger partial charge in [-0.2, -0.15) is 11.3 Å². The molecular formula is C16H21N5O2S. The number of carbonyl (C=O) groups excluding carboxylic acids is 1. The van der Waals surface area contributed by atoms with Crippen LogP contribution in [0.1, 0.15) is 18.5 Å². The van der Waals surface area contributed by atoms with Gasteiger partial charge in [0.15, 0.2) is 0 Å². The molecule has 1 fully saturated rings. The van der Waals surface area contributed by atoms with E-state index in [-0.39, 0.29) is 17.4 Å². The fourth-order valence-electron chi connectivity index (χ4n) is 2.80. The second-order valence-electron chi connectivity index (χ2n) is 5.88. The molecule has 2 aromatic heterocycles. The van der Waals surface area contributed by atoms with E-state index < -0.39 is 0 Å². The van der Waals surface area contributed by atoms with Crippen molar-refractivity contribution in [2.75, 3.05) is 31.5 Å². The molecule has 2 amide bonds. The average molecular weight is 347 g/mol. The second-order valence-corrected chi connectivity index (χ2v) is 6.66. The van der Waals surface area contributed by atoms with Gasteiger partial charge in [0.25, 0.3) is 5.56 Å². The molecule has 7 nitrogen and oxygen atoms in total. The number of nitrogens with one attached hydrogen (secondary N) is 1.